The molecule has 1 aromatic rings. The van der Waals surface area contributed by atoms with Crippen molar-refractivity contribution in [3.8, 4) is 0 Å². The smallest absolute Gasteiger partial charge is 0.378 e. The average Bonchev–Trinajstić information content (AvgIpc) is 2.65. The maximum atomic E-state index is 13.6. The summed E-state index contributed by atoms with van der Waals surface area (Å²) < 4.78 is 107. The van der Waals surface area contributed by atoms with Gasteiger partial charge in [-0.3, -0.25) is 0 Å². The van der Waals surface area contributed by atoms with Crippen LogP contribution in [0.2, 0.25) is 0 Å². The zero-order valence-electron chi connectivity index (χ0n) is 10.8. The fraction of sp³-hybridized carbons (Fsp3) is 0.545. The third-order valence-corrected chi connectivity index (χ3v) is 3.22. The zero-order chi connectivity index (χ0) is 16.4. The van der Waals surface area contributed by atoms with Gasteiger partial charge >= 0.3 is 17.8 Å². The number of halogens is 8. The zero-order valence-corrected chi connectivity index (χ0v) is 13.2. The van der Waals surface area contributed by atoms with Gasteiger partial charge in [0.2, 0.25) is 0 Å². The van der Waals surface area contributed by atoms with Crippen molar-refractivity contribution in [2.24, 2.45) is 7.05 Å². The Bertz CT molecular complexity index is 620. The molecule has 1 aliphatic rings. The molecule has 2 nitrogen and oxygen atoms in total. The number of imidazole rings is 1. The first-order chi connectivity index (χ1) is 9.27. The van der Waals surface area contributed by atoms with E-state index >= 15 is 0 Å². The van der Waals surface area contributed by atoms with E-state index in [1.807, 2.05) is 0 Å². The number of nitrogens with zero attached hydrogens (tertiary/aromatic N) is 2. The van der Waals surface area contributed by atoms with Gasteiger partial charge in [0.25, 0.3) is 5.92 Å². The first kappa shape index (κ1) is 19.1. The second-order valence-electron chi connectivity index (χ2n) is 4.58. The van der Waals surface area contributed by atoms with Gasteiger partial charge in [0.05, 0.1) is 0 Å². The van der Waals surface area contributed by atoms with Gasteiger partial charge in [-0.25, -0.2) is 8.78 Å². The van der Waals surface area contributed by atoms with Crippen LogP contribution in [-0.4, -0.2) is 33.2 Å². The molecule has 2 rings (SSSR count). The maximum absolute atomic E-state index is 13.6. The number of allylic oxidation sites excluding steroid dienone is 2. The molecule has 0 N–H and O–H groups in total. The Kier molecular flexibility index (Phi) is 4.36. The molecule has 127 valence electrons. The van der Waals surface area contributed by atoms with Crippen molar-refractivity contribution in [3.63, 3.8) is 0 Å². The van der Waals surface area contributed by atoms with Crippen LogP contribution in [0.15, 0.2) is 6.20 Å². The minimum atomic E-state index is -6.29. The fourth-order valence-electron chi connectivity index (χ4n) is 1.79. The summed E-state index contributed by atoms with van der Waals surface area (Å²) in [6.07, 6.45) is 1.47. The van der Waals surface area contributed by atoms with Crippen molar-refractivity contribution in [3.05, 3.63) is 23.8 Å². The van der Waals surface area contributed by atoms with Crippen molar-refractivity contribution in [1.82, 2.24) is 9.55 Å². The van der Waals surface area contributed by atoms with Crippen LogP contribution in [0, 0.1) is 13.0 Å². The van der Waals surface area contributed by atoms with E-state index in [0.29, 0.717) is 6.08 Å². The number of hydrogen-bond donors (Lipinski definition) is 0. The number of rotatable bonds is 1. The molecule has 1 aliphatic carbocycles. The topological polar surface area (TPSA) is 17.8 Å². The van der Waals surface area contributed by atoms with E-state index in [4.69, 9.17) is 0 Å². The van der Waals surface area contributed by atoms with Gasteiger partial charge in [-0.05, 0) is 19.8 Å². The van der Waals surface area contributed by atoms with Crippen molar-refractivity contribution < 1.29 is 55.2 Å². The summed E-state index contributed by atoms with van der Waals surface area (Å²) in [5, 5.41) is 0. The van der Waals surface area contributed by atoms with Crippen LogP contribution in [0.1, 0.15) is 11.5 Å². The molecule has 0 fully saturated rings. The molecule has 0 saturated heterocycles. The molecular formula is C11H7F8IrN2-. The molecule has 0 unspecified atom stereocenters. The van der Waals surface area contributed by atoms with Crippen molar-refractivity contribution in [2.45, 2.75) is 30.6 Å². The molecule has 11 heteroatoms. The van der Waals surface area contributed by atoms with Crippen LogP contribution < -0.4 is 0 Å². The number of aryl methyl sites for hydroxylation is 1. The van der Waals surface area contributed by atoms with Crippen LogP contribution in [0.25, 0.3) is 5.57 Å². The summed E-state index contributed by atoms with van der Waals surface area (Å²) in [6, 6.07) is 0. The van der Waals surface area contributed by atoms with E-state index < -0.39 is 35.1 Å². The van der Waals surface area contributed by atoms with E-state index in [2.05, 4.69) is 4.98 Å². The molecule has 0 aromatic carbocycles. The van der Waals surface area contributed by atoms with Gasteiger partial charge < -0.3 is 9.55 Å². The van der Waals surface area contributed by atoms with Gasteiger partial charge in [-0.15, -0.1) is 5.57 Å². The third kappa shape index (κ3) is 2.12. The van der Waals surface area contributed by atoms with Crippen LogP contribution in [0.5, 0.6) is 0 Å². The summed E-state index contributed by atoms with van der Waals surface area (Å²) in [7, 11) is 1.09. The van der Waals surface area contributed by atoms with Gasteiger partial charge in [-0.1, -0.05) is 0 Å². The van der Waals surface area contributed by atoms with E-state index in [1.165, 1.54) is 6.92 Å². The quantitative estimate of drug-likeness (QED) is 0.417. The summed E-state index contributed by atoms with van der Waals surface area (Å²) in [5.74, 6) is -24.7. The summed E-state index contributed by atoms with van der Waals surface area (Å²) >= 11 is 0. The normalized spacial score (nSPS) is 24.4. The molecule has 0 atom stereocenters. The number of alkyl halides is 8. The minimum absolute atomic E-state index is 0. The maximum Gasteiger partial charge on any atom is 0.378 e. The monoisotopic (exact) mass is 512 g/mol. The predicted octanol–water partition coefficient (Wildman–Crippen LogP) is 3.47. The molecule has 0 amide bonds. The average molecular weight is 511 g/mol. The molecular weight excluding hydrogens is 504 g/mol. The molecule has 0 aliphatic heterocycles. The van der Waals surface area contributed by atoms with Gasteiger partial charge in [0, 0.05) is 32.0 Å². The van der Waals surface area contributed by atoms with Gasteiger partial charge in [0.15, 0.2) is 0 Å². The molecule has 0 bridgehead atoms. The first-order valence-electron chi connectivity index (χ1n) is 5.43. The van der Waals surface area contributed by atoms with Crippen LogP contribution in [0.4, 0.5) is 35.1 Å². The number of hydrogen-bond acceptors (Lipinski definition) is 1. The third-order valence-electron chi connectivity index (χ3n) is 3.22. The Morgan fingerprint density at radius 3 is 1.91 bits per heavy atom. The second kappa shape index (κ2) is 5.02. The standard InChI is InChI=1S/C11H7F8N2.Ir/c1-5-4-20-7(21(5)2)6-3-8(12,13)10(16,17)11(18,19)9(6,14)15;/h4H,1-2H3;/q-1;. The number of aromatic nitrogens is 2. The summed E-state index contributed by atoms with van der Waals surface area (Å²) in [5.41, 5.74) is -1.88. The predicted molar refractivity (Wildman–Crippen MR) is 54.4 cm³/mol. The molecule has 1 radical (unpaired) electrons. The van der Waals surface area contributed by atoms with E-state index in [-0.39, 0.29) is 25.8 Å². The second-order valence-corrected chi connectivity index (χ2v) is 4.58. The molecule has 0 saturated carbocycles. The van der Waals surface area contributed by atoms with Gasteiger partial charge in [-0.2, -0.15) is 32.4 Å². The van der Waals surface area contributed by atoms with Crippen molar-refractivity contribution >= 4 is 5.57 Å². The Balaban J connectivity index is 0.00000242. The van der Waals surface area contributed by atoms with E-state index in [0.717, 1.165) is 17.8 Å². The van der Waals surface area contributed by atoms with Crippen molar-refractivity contribution in [1.29, 1.82) is 0 Å². The van der Waals surface area contributed by atoms with Crippen LogP contribution in [-0.2, 0) is 27.2 Å². The largest absolute Gasteiger partial charge is 0.410 e. The first-order valence-corrected chi connectivity index (χ1v) is 5.43. The Morgan fingerprint density at radius 2 is 1.50 bits per heavy atom. The van der Waals surface area contributed by atoms with Crippen LogP contribution in [0.3, 0.4) is 0 Å². The van der Waals surface area contributed by atoms with E-state index in [1.54, 1.807) is 0 Å². The SMILES string of the molecule is Cc1cnc(C2=[C-]C(F)(F)C(F)(F)C(F)(F)C2(F)F)n1C.[Ir]. The van der Waals surface area contributed by atoms with Gasteiger partial charge in [0.1, 0.15) is 0 Å². The molecule has 1 aromatic heterocycles. The molecule has 1 heterocycles. The molecule has 22 heavy (non-hydrogen) atoms. The Morgan fingerprint density at radius 1 is 1.00 bits per heavy atom. The minimum Gasteiger partial charge on any atom is -0.410 e. The summed E-state index contributed by atoms with van der Waals surface area (Å²) in [4.78, 5) is 3.29. The summed E-state index contributed by atoms with van der Waals surface area (Å²) in [6.45, 7) is 1.34. The van der Waals surface area contributed by atoms with E-state index in [9.17, 15) is 35.1 Å². The molecule has 0 spiro atoms. The Labute approximate surface area is 132 Å². The Hall–Kier alpha value is -0.961. The van der Waals surface area contributed by atoms with Crippen LogP contribution >= 0.6 is 0 Å². The fourth-order valence-corrected chi connectivity index (χ4v) is 1.79. The van der Waals surface area contributed by atoms with Crippen molar-refractivity contribution in [2.75, 3.05) is 0 Å².